The molecule has 0 saturated carbocycles. The number of H-pyrrole nitrogens is 2. The SMILES string of the molecule is C[Si](C)(C)c1cc(-c2c3nc(c(-c4cc([Si](C)(C)C)cc([Si](C)(C)C)c4)c4ccc([nH]4)c(-c4cc([Si](C)(C)C)cc(S(=O)(=O)O)c4)c4nc(c(-c5cc([Si](C)(C)C)cc(S(=O)(=O)O)c5)c5ccc2[nH]5)C=C4)C=C3)cc([Si](C)(C)C)c1. The molecule has 4 aromatic carbocycles. The zero-order valence-electron chi connectivity index (χ0n) is 49.8. The van der Waals surface area contributed by atoms with Crippen LogP contribution in [0.1, 0.15) is 22.8 Å². The molecule has 3 aromatic heterocycles. The fourth-order valence-electron chi connectivity index (χ4n) is 10.3. The summed E-state index contributed by atoms with van der Waals surface area (Å²) < 4.78 is 74.5. The van der Waals surface area contributed by atoms with Gasteiger partial charge in [0.1, 0.15) is 0 Å². The van der Waals surface area contributed by atoms with Crippen molar-refractivity contribution >= 4 is 146 Å². The second-order valence-corrected chi connectivity index (χ2v) is 61.4. The Balaban J connectivity index is 1.57. The minimum Gasteiger partial charge on any atom is -0.354 e. The molecular weight excluding hydrogens is 1130 g/mol. The van der Waals surface area contributed by atoms with Crippen molar-refractivity contribution in [2.24, 2.45) is 0 Å². The third-order valence-corrected chi connectivity index (χ3v) is 29.2. The van der Waals surface area contributed by atoms with E-state index in [4.69, 9.17) is 9.97 Å². The average molecular weight is 1210 g/mol. The molecule has 7 aromatic rings. The van der Waals surface area contributed by atoms with Crippen LogP contribution in [0.5, 0.6) is 0 Å². The van der Waals surface area contributed by atoms with Crippen LogP contribution in [-0.2, 0) is 20.2 Å². The summed E-state index contributed by atoms with van der Waals surface area (Å²) in [5.74, 6) is 0. The highest BCUT2D eigenvalue weighted by Crippen LogP contribution is 2.40. The van der Waals surface area contributed by atoms with Gasteiger partial charge in [0, 0.05) is 44.3 Å². The molecule has 0 saturated heterocycles. The average Bonchev–Trinajstić information content (AvgIpc) is 4.17. The van der Waals surface area contributed by atoms with Gasteiger partial charge in [0.05, 0.1) is 81.0 Å². The fraction of sp³-hybridized carbons (Fsp3) is 0.290. The molecule has 418 valence electrons. The Hall–Kier alpha value is -5.40. The second kappa shape index (κ2) is 20.2. The first-order valence-electron chi connectivity index (χ1n) is 27.4. The van der Waals surface area contributed by atoms with Gasteiger partial charge < -0.3 is 9.97 Å². The maximum atomic E-state index is 13.3. The van der Waals surface area contributed by atoms with Crippen LogP contribution in [-0.4, -0.2) is 94.3 Å². The maximum absolute atomic E-state index is 13.3. The van der Waals surface area contributed by atoms with Crippen molar-refractivity contribution in [3.63, 3.8) is 0 Å². The fourth-order valence-corrected chi connectivity index (χ4v) is 19.0. The first-order chi connectivity index (χ1) is 36.6. The number of fused-ring (bicyclic) bond motifs is 8. The van der Waals surface area contributed by atoms with Gasteiger partial charge in [-0.15, -0.1) is 0 Å². The molecule has 2 aliphatic heterocycles. The van der Waals surface area contributed by atoms with Crippen LogP contribution in [0, 0.1) is 0 Å². The predicted octanol–water partition coefficient (Wildman–Crippen LogP) is 13.1. The molecule has 0 amide bonds. The first kappa shape index (κ1) is 59.2. The van der Waals surface area contributed by atoms with Crippen LogP contribution in [0.4, 0.5) is 0 Å². The summed E-state index contributed by atoms with van der Waals surface area (Å²) >= 11 is 0. The van der Waals surface area contributed by atoms with Crippen molar-refractivity contribution in [3.8, 4) is 44.5 Å². The van der Waals surface area contributed by atoms with Crippen LogP contribution in [0.15, 0.2) is 107 Å². The number of hydrogen-bond donors (Lipinski definition) is 4. The predicted molar refractivity (Wildman–Crippen MR) is 358 cm³/mol. The van der Waals surface area contributed by atoms with Crippen LogP contribution in [0.25, 0.3) is 90.9 Å². The second-order valence-electron chi connectivity index (χ2n) is 28.0. The van der Waals surface area contributed by atoms with Gasteiger partial charge in [0.15, 0.2) is 0 Å². The highest BCUT2D eigenvalue weighted by molar-refractivity contribution is 7.86. The molecule has 18 heteroatoms. The number of rotatable bonds is 12. The number of nitrogens with one attached hydrogen (secondary N) is 2. The quantitative estimate of drug-likeness (QED) is 0.0693. The Morgan fingerprint density at radius 2 is 0.512 bits per heavy atom. The Kier molecular flexibility index (Phi) is 15.0. The van der Waals surface area contributed by atoms with Crippen molar-refractivity contribution in [2.75, 3.05) is 0 Å². The van der Waals surface area contributed by atoms with Crippen molar-refractivity contribution in [3.05, 3.63) is 120 Å². The van der Waals surface area contributed by atoms with E-state index >= 15 is 0 Å². The summed E-state index contributed by atoms with van der Waals surface area (Å²) in [6, 6.07) is 32.8. The van der Waals surface area contributed by atoms with Crippen molar-refractivity contribution < 1.29 is 25.9 Å². The topological polar surface area (TPSA) is 166 Å². The van der Waals surface area contributed by atoms with Crippen molar-refractivity contribution in [1.29, 1.82) is 0 Å². The zero-order chi connectivity index (χ0) is 58.8. The van der Waals surface area contributed by atoms with E-state index in [-0.39, 0.29) is 9.79 Å². The van der Waals surface area contributed by atoms with Gasteiger partial charge in [-0.1, -0.05) is 197 Å². The molecule has 8 bridgehead atoms. The molecule has 5 heterocycles. The van der Waals surface area contributed by atoms with E-state index in [9.17, 15) is 25.9 Å². The zero-order valence-corrected chi connectivity index (χ0v) is 57.4. The summed E-state index contributed by atoms with van der Waals surface area (Å²) in [5.41, 5.74) is 11.8. The highest BCUT2D eigenvalue weighted by atomic mass is 32.2. The lowest BCUT2D eigenvalue weighted by Gasteiger charge is -2.24. The minimum absolute atomic E-state index is 0.208. The Labute approximate surface area is 480 Å². The third-order valence-electron chi connectivity index (χ3n) is 15.4. The molecular formula is C62H78N4O6S2Si6. The van der Waals surface area contributed by atoms with Gasteiger partial charge in [0.25, 0.3) is 20.2 Å². The monoisotopic (exact) mass is 1210 g/mol. The van der Waals surface area contributed by atoms with Gasteiger partial charge in [-0.2, -0.15) is 16.8 Å². The summed E-state index contributed by atoms with van der Waals surface area (Å²) in [6.07, 6.45) is 8.09. The number of hydrogen-bond acceptors (Lipinski definition) is 6. The maximum Gasteiger partial charge on any atom is 0.294 e. The van der Waals surface area contributed by atoms with Crippen molar-refractivity contribution in [2.45, 2.75) is 128 Å². The molecule has 0 aliphatic carbocycles. The van der Waals surface area contributed by atoms with Gasteiger partial charge in [-0.25, -0.2) is 9.97 Å². The summed E-state index contributed by atoms with van der Waals surface area (Å²) in [7, 11) is -21.4. The number of aromatic amines is 2. The molecule has 4 N–H and O–H groups in total. The number of nitrogens with zero attached hydrogens (tertiary/aromatic N) is 2. The van der Waals surface area contributed by atoms with Crippen LogP contribution < -0.4 is 31.1 Å². The lowest BCUT2D eigenvalue weighted by molar-refractivity contribution is 0.481. The lowest BCUT2D eigenvalue weighted by Crippen LogP contribution is -2.45. The third kappa shape index (κ3) is 12.2. The molecule has 0 fully saturated rings. The van der Waals surface area contributed by atoms with E-state index in [0.29, 0.717) is 44.7 Å². The van der Waals surface area contributed by atoms with E-state index in [1.165, 1.54) is 32.9 Å². The molecule has 10 nitrogen and oxygen atoms in total. The normalized spacial score (nSPS) is 13.8. The number of aromatic nitrogens is 4. The van der Waals surface area contributed by atoms with Gasteiger partial charge in [-0.05, 0) is 95.1 Å². The standard InChI is InChI=1S/C62H78N4O6S2Si6/c1-75(2,3)45-29-39(27-43(35-45)73(67,68)69)59-51-19-20-52(63-51)60(40-28-44(74(70,71)72)36-46(30-40)76(4,5)6)54-22-24-56(65-54)62(42-33-49(79(13,14)15)38-50(34-42)80(16,17)18)58-26-25-57(66-58)61(55-23-21-53(59)64-55)41-31-47(77(7,8)9)37-48(32-41)78(10,11)12/h19-38,64-65H,1-18H3,(H,67,68,69)(H,70,71,72). The molecule has 0 spiro atoms. The summed E-state index contributed by atoms with van der Waals surface area (Å²) in [6.45, 7) is 41.5. The molecule has 80 heavy (non-hydrogen) atoms. The first-order valence-corrected chi connectivity index (χ1v) is 51.3. The van der Waals surface area contributed by atoms with E-state index in [0.717, 1.165) is 55.0 Å². The lowest BCUT2D eigenvalue weighted by atomic mass is 10.0. The largest absolute Gasteiger partial charge is 0.354 e. The van der Waals surface area contributed by atoms with E-state index in [2.05, 4.69) is 188 Å². The number of benzene rings is 4. The Morgan fingerprint density at radius 1 is 0.312 bits per heavy atom. The van der Waals surface area contributed by atoms with Crippen molar-refractivity contribution in [1.82, 2.24) is 19.9 Å². The van der Waals surface area contributed by atoms with Crippen LogP contribution in [0.3, 0.4) is 0 Å². The molecule has 0 atom stereocenters. The molecule has 9 rings (SSSR count). The van der Waals surface area contributed by atoms with Gasteiger partial charge in [0.2, 0.25) is 0 Å². The molecule has 0 radical (unpaired) electrons. The van der Waals surface area contributed by atoms with Gasteiger partial charge >= 0.3 is 0 Å². The van der Waals surface area contributed by atoms with E-state index in [1.807, 2.05) is 36.4 Å². The smallest absolute Gasteiger partial charge is 0.294 e. The minimum atomic E-state index is -4.66. The van der Waals surface area contributed by atoms with Crippen LogP contribution in [0.2, 0.25) is 118 Å². The van der Waals surface area contributed by atoms with E-state index in [1.54, 1.807) is 12.1 Å². The Morgan fingerprint density at radius 3 is 0.713 bits per heavy atom. The highest BCUT2D eigenvalue weighted by Gasteiger charge is 2.30. The van der Waals surface area contributed by atoms with Gasteiger partial charge in [-0.3, -0.25) is 9.11 Å². The molecule has 2 aliphatic rings. The summed E-state index contributed by atoms with van der Waals surface area (Å²) in [4.78, 5) is 18.6. The van der Waals surface area contributed by atoms with Crippen LogP contribution >= 0.6 is 0 Å². The Bertz CT molecular complexity index is 3870. The molecule has 0 unspecified atom stereocenters. The van der Waals surface area contributed by atoms with E-state index < -0.39 is 68.7 Å². The summed E-state index contributed by atoms with van der Waals surface area (Å²) in [5, 5.41) is 7.07.